The van der Waals surface area contributed by atoms with E-state index in [1.54, 1.807) is 12.1 Å². The lowest BCUT2D eigenvalue weighted by molar-refractivity contribution is 0.0754. The van der Waals surface area contributed by atoms with Crippen molar-refractivity contribution in [1.82, 2.24) is 5.32 Å². The minimum Gasteiger partial charge on any atom is -0.507 e. The van der Waals surface area contributed by atoms with Gasteiger partial charge in [-0.15, -0.1) is 0 Å². The van der Waals surface area contributed by atoms with Crippen LogP contribution in [0.5, 0.6) is 5.75 Å². The van der Waals surface area contributed by atoms with Crippen LogP contribution in [0, 0.1) is 3.57 Å². The van der Waals surface area contributed by atoms with Crippen molar-refractivity contribution in [2.75, 3.05) is 13.2 Å². The number of phenols is 1. The molecule has 106 valence electrons. The molecule has 0 atom stereocenters. The van der Waals surface area contributed by atoms with Gasteiger partial charge in [0.25, 0.3) is 5.91 Å². The van der Waals surface area contributed by atoms with Crippen molar-refractivity contribution in [3.8, 4) is 5.75 Å². The zero-order chi connectivity index (χ0) is 14.3. The van der Waals surface area contributed by atoms with E-state index in [1.165, 1.54) is 6.07 Å². The lowest BCUT2D eigenvalue weighted by Gasteiger charge is -2.08. The number of nitrogens with one attached hydrogen (secondary N) is 1. The number of aromatic hydroxyl groups is 1. The Morgan fingerprint density at radius 1 is 1.42 bits per heavy atom. The maximum atomic E-state index is 11.8. The highest BCUT2D eigenvalue weighted by Gasteiger charge is 2.07. The van der Waals surface area contributed by atoms with Crippen LogP contribution >= 0.6 is 22.6 Å². The Balaban J connectivity index is 2.26. The van der Waals surface area contributed by atoms with Crippen LogP contribution in [0.3, 0.4) is 0 Å². The van der Waals surface area contributed by atoms with E-state index in [-0.39, 0.29) is 17.8 Å². The molecule has 0 aliphatic carbocycles. The monoisotopic (exact) mass is 377 g/mol. The zero-order valence-electron chi connectivity index (χ0n) is 11.3. The van der Waals surface area contributed by atoms with Gasteiger partial charge in [-0.1, -0.05) is 0 Å². The first-order chi connectivity index (χ1) is 9.00. The molecule has 2 N–H and O–H groups in total. The third-order valence-electron chi connectivity index (χ3n) is 2.52. The molecule has 0 bridgehead atoms. The number of hydrogen-bond donors (Lipinski definition) is 2. The average molecular weight is 377 g/mol. The minimum atomic E-state index is -0.156. The molecule has 0 unspecified atom stereocenters. The van der Waals surface area contributed by atoms with Gasteiger partial charge < -0.3 is 15.2 Å². The third kappa shape index (κ3) is 6.24. The molecule has 1 amide bonds. The molecule has 1 aromatic rings. The summed E-state index contributed by atoms with van der Waals surface area (Å²) in [5.41, 5.74) is 0.483. The van der Waals surface area contributed by atoms with Gasteiger partial charge in [-0.25, -0.2) is 0 Å². The van der Waals surface area contributed by atoms with E-state index in [2.05, 4.69) is 5.32 Å². The summed E-state index contributed by atoms with van der Waals surface area (Å²) in [4.78, 5) is 11.8. The highest BCUT2D eigenvalue weighted by molar-refractivity contribution is 14.1. The number of amides is 1. The van der Waals surface area contributed by atoms with E-state index in [0.717, 1.165) is 23.0 Å². The van der Waals surface area contributed by atoms with Crippen molar-refractivity contribution < 1.29 is 14.6 Å². The molecule has 0 saturated carbocycles. The number of phenolic OH excluding ortho intramolecular Hbond substituents is 1. The van der Waals surface area contributed by atoms with Crippen molar-refractivity contribution in [1.29, 1.82) is 0 Å². The van der Waals surface area contributed by atoms with Crippen molar-refractivity contribution in [3.05, 3.63) is 27.3 Å². The van der Waals surface area contributed by atoms with Crippen LogP contribution in [0.25, 0.3) is 0 Å². The molecule has 0 aliphatic heterocycles. The Morgan fingerprint density at radius 3 is 2.79 bits per heavy atom. The zero-order valence-corrected chi connectivity index (χ0v) is 13.4. The SMILES string of the molecule is CC(C)OCCCCNC(=O)c1ccc(I)c(O)c1. The topological polar surface area (TPSA) is 58.6 Å². The average Bonchev–Trinajstić information content (AvgIpc) is 2.36. The van der Waals surface area contributed by atoms with E-state index in [1.807, 2.05) is 36.4 Å². The molecule has 19 heavy (non-hydrogen) atoms. The van der Waals surface area contributed by atoms with Crippen molar-refractivity contribution >= 4 is 28.5 Å². The summed E-state index contributed by atoms with van der Waals surface area (Å²) in [6, 6.07) is 4.92. The Hall–Kier alpha value is -0.820. The molecule has 0 fully saturated rings. The number of carbonyl (C=O) groups excluding carboxylic acids is 1. The van der Waals surface area contributed by atoms with Crippen LogP contribution in [0.1, 0.15) is 37.0 Å². The first kappa shape index (κ1) is 16.2. The van der Waals surface area contributed by atoms with Crippen LogP contribution in [0.15, 0.2) is 18.2 Å². The fourth-order valence-electron chi connectivity index (χ4n) is 1.50. The maximum absolute atomic E-state index is 11.8. The summed E-state index contributed by atoms with van der Waals surface area (Å²) < 4.78 is 6.15. The van der Waals surface area contributed by atoms with Gasteiger partial charge in [0.15, 0.2) is 0 Å². The number of ether oxygens (including phenoxy) is 1. The van der Waals surface area contributed by atoms with Crippen molar-refractivity contribution in [2.24, 2.45) is 0 Å². The van der Waals surface area contributed by atoms with Gasteiger partial charge >= 0.3 is 0 Å². The van der Waals surface area contributed by atoms with Gasteiger partial charge in [-0.3, -0.25) is 4.79 Å². The molecule has 5 heteroatoms. The second-order valence-electron chi connectivity index (χ2n) is 4.55. The lowest BCUT2D eigenvalue weighted by atomic mass is 10.2. The predicted octanol–water partition coefficient (Wildman–Crippen LogP) is 2.93. The summed E-state index contributed by atoms with van der Waals surface area (Å²) >= 11 is 2.02. The summed E-state index contributed by atoms with van der Waals surface area (Å²) in [7, 11) is 0. The van der Waals surface area contributed by atoms with Crippen molar-refractivity contribution in [2.45, 2.75) is 32.8 Å². The van der Waals surface area contributed by atoms with Crippen LogP contribution in [0.4, 0.5) is 0 Å². The molecular formula is C14H20INO3. The fraction of sp³-hybridized carbons (Fsp3) is 0.500. The Morgan fingerprint density at radius 2 is 2.16 bits per heavy atom. The van der Waals surface area contributed by atoms with E-state index >= 15 is 0 Å². The molecule has 0 aromatic heterocycles. The number of rotatable bonds is 7. The third-order valence-corrected chi connectivity index (χ3v) is 3.43. The van der Waals surface area contributed by atoms with Gasteiger partial charge in [0.1, 0.15) is 5.75 Å². The maximum Gasteiger partial charge on any atom is 0.251 e. The van der Waals surface area contributed by atoms with Gasteiger partial charge in [-0.05, 0) is 67.5 Å². The standard InChI is InChI=1S/C14H20INO3/c1-10(2)19-8-4-3-7-16-14(18)11-5-6-12(15)13(17)9-11/h5-6,9-10,17H,3-4,7-8H2,1-2H3,(H,16,18). The quantitative estimate of drug-likeness (QED) is 0.568. The Kier molecular flexibility index (Phi) is 7.15. The van der Waals surface area contributed by atoms with E-state index in [0.29, 0.717) is 12.1 Å². The summed E-state index contributed by atoms with van der Waals surface area (Å²) in [6.45, 7) is 5.35. The van der Waals surface area contributed by atoms with Gasteiger partial charge in [0, 0.05) is 18.7 Å². The fourth-order valence-corrected chi connectivity index (χ4v) is 1.84. The smallest absolute Gasteiger partial charge is 0.251 e. The lowest BCUT2D eigenvalue weighted by Crippen LogP contribution is -2.24. The summed E-state index contributed by atoms with van der Waals surface area (Å²) in [5.74, 6) is -0.0185. The second kappa shape index (κ2) is 8.37. The van der Waals surface area contributed by atoms with Crippen molar-refractivity contribution in [3.63, 3.8) is 0 Å². The van der Waals surface area contributed by atoms with E-state index in [9.17, 15) is 9.90 Å². The predicted molar refractivity (Wildman–Crippen MR) is 83.5 cm³/mol. The molecule has 1 aromatic carbocycles. The number of unbranched alkanes of at least 4 members (excludes halogenated alkanes) is 1. The molecule has 1 rings (SSSR count). The Labute approximate surface area is 127 Å². The van der Waals surface area contributed by atoms with Gasteiger partial charge in [0.2, 0.25) is 0 Å². The Bertz CT molecular complexity index is 421. The first-order valence-electron chi connectivity index (χ1n) is 6.39. The van der Waals surface area contributed by atoms with E-state index in [4.69, 9.17) is 4.74 Å². The number of benzene rings is 1. The summed E-state index contributed by atoms with van der Waals surface area (Å²) in [6.07, 6.45) is 2.06. The highest BCUT2D eigenvalue weighted by atomic mass is 127. The van der Waals surface area contributed by atoms with Crippen LogP contribution in [-0.2, 0) is 4.74 Å². The minimum absolute atomic E-state index is 0.138. The highest BCUT2D eigenvalue weighted by Crippen LogP contribution is 2.20. The largest absolute Gasteiger partial charge is 0.507 e. The normalized spacial score (nSPS) is 10.7. The molecule has 0 saturated heterocycles. The van der Waals surface area contributed by atoms with E-state index < -0.39 is 0 Å². The first-order valence-corrected chi connectivity index (χ1v) is 7.47. The molecule has 4 nitrogen and oxygen atoms in total. The van der Waals surface area contributed by atoms with Crippen LogP contribution < -0.4 is 5.32 Å². The van der Waals surface area contributed by atoms with Gasteiger partial charge in [-0.2, -0.15) is 0 Å². The molecule has 0 radical (unpaired) electrons. The molecule has 0 spiro atoms. The summed E-state index contributed by atoms with van der Waals surface area (Å²) in [5, 5.41) is 12.4. The molecule has 0 aliphatic rings. The van der Waals surface area contributed by atoms with Crippen LogP contribution in [-0.4, -0.2) is 30.3 Å². The van der Waals surface area contributed by atoms with Crippen LogP contribution in [0.2, 0.25) is 0 Å². The number of halogens is 1. The molecule has 0 heterocycles. The number of hydrogen-bond acceptors (Lipinski definition) is 3. The second-order valence-corrected chi connectivity index (χ2v) is 5.71. The van der Waals surface area contributed by atoms with Gasteiger partial charge in [0.05, 0.1) is 9.67 Å². The molecular weight excluding hydrogens is 357 g/mol. The number of carbonyl (C=O) groups is 1.